The van der Waals surface area contributed by atoms with E-state index in [0.29, 0.717) is 5.56 Å². The van der Waals surface area contributed by atoms with Crippen LogP contribution >= 0.6 is 15.9 Å². The van der Waals surface area contributed by atoms with Crippen LogP contribution in [0.5, 0.6) is 0 Å². The molecule has 2 aromatic carbocycles. The molecule has 4 nitrogen and oxygen atoms in total. The number of non-ortho nitro benzene ring substituents is 1. The van der Waals surface area contributed by atoms with Gasteiger partial charge in [0.2, 0.25) is 0 Å². The lowest BCUT2D eigenvalue weighted by Crippen LogP contribution is -1.89. The van der Waals surface area contributed by atoms with Crippen molar-refractivity contribution in [2.45, 2.75) is 6.92 Å². The first-order chi connectivity index (χ1) is 9.06. The highest BCUT2D eigenvalue weighted by atomic mass is 79.9. The quantitative estimate of drug-likeness (QED) is 0.478. The fourth-order valence-electron chi connectivity index (χ4n) is 1.63. The zero-order valence-electron chi connectivity index (χ0n) is 10.2. The lowest BCUT2D eigenvalue weighted by molar-refractivity contribution is -0.384. The van der Waals surface area contributed by atoms with E-state index in [1.807, 2.05) is 25.1 Å². The van der Waals surface area contributed by atoms with Gasteiger partial charge in [0.1, 0.15) is 0 Å². The first-order valence-corrected chi connectivity index (χ1v) is 6.40. The molecule has 5 heteroatoms. The van der Waals surface area contributed by atoms with Crippen molar-refractivity contribution < 1.29 is 4.92 Å². The van der Waals surface area contributed by atoms with Gasteiger partial charge >= 0.3 is 0 Å². The molecule has 2 rings (SSSR count). The number of aryl methyl sites for hydroxylation is 1. The molecule has 0 atom stereocenters. The number of nitro benzene ring substituents is 1. The maximum absolute atomic E-state index is 10.7. The highest BCUT2D eigenvalue weighted by Gasteiger charge is 2.04. The average molecular weight is 319 g/mol. The summed E-state index contributed by atoms with van der Waals surface area (Å²) >= 11 is 3.39. The van der Waals surface area contributed by atoms with Crippen molar-refractivity contribution in [3.05, 3.63) is 68.2 Å². The van der Waals surface area contributed by atoms with E-state index in [9.17, 15) is 10.1 Å². The van der Waals surface area contributed by atoms with Crippen LogP contribution in [0.15, 0.2) is 51.9 Å². The second-order valence-corrected chi connectivity index (χ2v) is 4.96. The number of rotatable bonds is 3. The van der Waals surface area contributed by atoms with Crippen LogP contribution in [0.1, 0.15) is 11.1 Å². The summed E-state index contributed by atoms with van der Waals surface area (Å²) in [4.78, 5) is 14.6. The number of hydrogen-bond acceptors (Lipinski definition) is 3. The Morgan fingerprint density at radius 1 is 1.26 bits per heavy atom. The van der Waals surface area contributed by atoms with Gasteiger partial charge in [0.25, 0.3) is 5.69 Å². The SMILES string of the molecule is Cc1cc(Br)ccc1N=Cc1cccc([N+](=O)[O-])c1. The highest BCUT2D eigenvalue weighted by Crippen LogP contribution is 2.22. The molecule has 0 aliphatic rings. The second-order valence-electron chi connectivity index (χ2n) is 4.04. The molecule has 0 spiro atoms. The van der Waals surface area contributed by atoms with E-state index >= 15 is 0 Å². The summed E-state index contributed by atoms with van der Waals surface area (Å²) in [5.41, 5.74) is 2.65. The van der Waals surface area contributed by atoms with E-state index in [0.717, 1.165) is 15.7 Å². The Bertz CT molecular complexity index is 654. The predicted molar refractivity (Wildman–Crippen MR) is 79.2 cm³/mol. The molecule has 0 aliphatic heterocycles. The van der Waals surface area contributed by atoms with Crippen LogP contribution in [0.2, 0.25) is 0 Å². The number of hydrogen-bond donors (Lipinski definition) is 0. The van der Waals surface area contributed by atoms with Crippen molar-refractivity contribution in [2.24, 2.45) is 4.99 Å². The van der Waals surface area contributed by atoms with Gasteiger partial charge < -0.3 is 0 Å². The topological polar surface area (TPSA) is 55.5 Å². The highest BCUT2D eigenvalue weighted by molar-refractivity contribution is 9.10. The Kier molecular flexibility index (Phi) is 4.06. The van der Waals surface area contributed by atoms with Gasteiger partial charge in [-0.1, -0.05) is 28.1 Å². The van der Waals surface area contributed by atoms with E-state index in [1.165, 1.54) is 12.1 Å². The summed E-state index contributed by atoms with van der Waals surface area (Å²) in [5, 5.41) is 10.7. The number of nitrogens with zero attached hydrogens (tertiary/aromatic N) is 2. The molecule has 2 aromatic rings. The molecule has 0 fully saturated rings. The lowest BCUT2D eigenvalue weighted by Gasteiger charge is -2.00. The van der Waals surface area contributed by atoms with Gasteiger partial charge in [-0.05, 0) is 36.2 Å². The van der Waals surface area contributed by atoms with Gasteiger partial charge in [0.15, 0.2) is 0 Å². The molecule has 0 bridgehead atoms. The van der Waals surface area contributed by atoms with Crippen LogP contribution < -0.4 is 0 Å². The Morgan fingerprint density at radius 2 is 2.05 bits per heavy atom. The zero-order valence-corrected chi connectivity index (χ0v) is 11.8. The van der Waals surface area contributed by atoms with Crippen LogP contribution in [0.3, 0.4) is 0 Å². The molecule has 0 heterocycles. The monoisotopic (exact) mass is 318 g/mol. The van der Waals surface area contributed by atoms with Crippen molar-refractivity contribution >= 4 is 33.5 Å². The molecule has 0 aliphatic carbocycles. The van der Waals surface area contributed by atoms with E-state index in [4.69, 9.17) is 0 Å². The zero-order chi connectivity index (χ0) is 13.8. The fraction of sp³-hybridized carbons (Fsp3) is 0.0714. The smallest absolute Gasteiger partial charge is 0.258 e. The number of benzene rings is 2. The number of halogens is 1. The van der Waals surface area contributed by atoms with Crippen molar-refractivity contribution in [3.8, 4) is 0 Å². The third-order valence-electron chi connectivity index (χ3n) is 2.59. The Hall–Kier alpha value is -2.01. The number of nitro groups is 1. The first-order valence-electron chi connectivity index (χ1n) is 5.61. The molecular formula is C14H11BrN2O2. The summed E-state index contributed by atoms with van der Waals surface area (Å²) in [6.45, 7) is 1.96. The van der Waals surface area contributed by atoms with Crippen molar-refractivity contribution in [1.29, 1.82) is 0 Å². The van der Waals surface area contributed by atoms with Crippen LogP contribution in [0.25, 0.3) is 0 Å². The maximum Gasteiger partial charge on any atom is 0.270 e. The summed E-state index contributed by atoms with van der Waals surface area (Å²) < 4.78 is 0.999. The van der Waals surface area contributed by atoms with Crippen LogP contribution in [-0.4, -0.2) is 11.1 Å². The average Bonchev–Trinajstić information content (AvgIpc) is 2.38. The van der Waals surface area contributed by atoms with Gasteiger partial charge in [-0.2, -0.15) is 0 Å². The third kappa shape index (κ3) is 3.48. The second kappa shape index (κ2) is 5.75. The normalized spacial score (nSPS) is 10.8. The summed E-state index contributed by atoms with van der Waals surface area (Å²) in [7, 11) is 0. The van der Waals surface area contributed by atoms with E-state index in [1.54, 1.807) is 18.3 Å². The van der Waals surface area contributed by atoms with E-state index in [2.05, 4.69) is 20.9 Å². The Labute approximate surface area is 119 Å². The molecular weight excluding hydrogens is 308 g/mol. The van der Waals surface area contributed by atoms with Gasteiger partial charge in [0.05, 0.1) is 10.6 Å². The van der Waals surface area contributed by atoms with Gasteiger partial charge in [0, 0.05) is 22.8 Å². The molecule has 0 amide bonds. The molecule has 0 saturated heterocycles. The standard InChI is InChI=1S/C14H11BrN2O2/c1-10-7-12(15)5-6-14(10)16-9-11-3-2-4-13(8-11)17(18)19/h2-9H,1H3. The fourth-order valence-corrected chi connectivity index (χ4v) is 2.10. The van der Waals surface area contributed by atoms with Gasteiger partial charge in [-0.3, -0.25) is 15.1 Å². The molecule has 0 saturated carbocycles. The van der Waals surface area contributed by atoms with E-state index in [-0.39, 0.29) is 5.69 Å². The summed E-state index contributed by atoms with van der Waals surface area (Å²) in [6.07, 6.45) is 1.63. The Morgan fingerprint density at radius 3 is 2.74 bits per heavy atom. The predicted octanol–water partition coefficient (Wildman–Crippen LogP) is 4.42. The molecule has 0 radical (unpaired) electrons. The van der Waals surface area contributed by atoms with Crippen molar-refractivity contribution in [1.82, 2.24) is 0 Å². The van der Waals surface area contributed by atoms with Crippen LogP contribution in [0, 0.1) is 17.0 Å². The molecule has 0 unspecified atom stereocenters. The van der Waals surface area contributed by atoms with Gasteiger partial charge in [-0.25, -0.2) is 0 Å². The molecule has 96 valence electrons. The van der Waals surface area contributed by atoms with Gasteiger partial charge in [-0.15, -0.1) is 0 Å². The largest absolute Gasteiger partial charge is 0.270 e. The maximum atomic E-state index is 10.7. The number of aliphatic imine (C=N–C) groups is 1. The molecule has 0 N–H and O–H groups in total. The van der Waals surface area contributed by atoms with Crippen LogP contribution in [0.4, 0.5) is 11.4 Å². The Balaban J connectivity index is 2.27. The van der Waals surface area contributed by atoms with Crippen LogP contribution in [-0.2, 0) is 0 Å². The minimum absolute atomic E-state index is 0.0662. The molecule has 0 aromatic heterocycles. The minimum atomic E-state index is -0.414. The molecule has 19 heavy (non-hydrogen) atoms. The van der Waals surface area contributed by atoms with Crippen molar-refractivity contribution in [2.75, 3.05) is 0 Å². The lowest BCUT2D eigenvalue weighted by atomic mass is 10.2. The summed E-state index contributed by atoms with van der Waals surface area (Å²) in [6, 6.07) is 12.2. The third-order valence-corrected chi connectivity index (χ3v) is 3.09. The van der Waals surface area contributed by atoms with E-state index < -0.39 is 4.92 Å². The first kappa shape index (κ1) is 13.4. The van der Waals surface area contributed by atoms with Crippen molar-refractivity contribution in [3.63, 3.8) is 0 Å². The minimum Gasteiger partial charge on any atom is -0.258 e. The summed E-state index contributed by atoms with van der Waals surface area (Å²) in [5.74, 6) is 0.